The standard InChI is InChI=1S/C17H14BrClN4/c1-23(2)17-13-10-11(19)6-8-14(13)21-16(22-17)9-7-12-4-3-5-15(18)20-12/h3-10H,1-2H3. The van der Waals surface area contributed by atoms with Crippen LogP contribution in [0.1, 0.15) is 11.5 Å². The van der Waals surface area contributed by atoms with Crippen molar-refractivity contribution in [1.29, 1.82) is 0 Å². The number of anilines is 1. The van der Waals surface area contributed by atoms with E-state index in [0.717, 1.165) is 27.0 Å². The molecular weight excluding hydrogens is 376 g/mol. The van der Waals surface area contributed by atoms with Crippen LogP contribution in [0.25, 0.3) is 23.1 Å². The number of fused-ring (bicyclic) bond motifs is 1. The highest BCUT2D eigenvalue weighted by Crippen LogP contribution is 2.26. The van der Waals surface area contributed by atoms with Gasteiger partial charge in [-0.1, -0.05) is 17.7 Å². The summed E-state index contributed by atoms with van der Waals surface area (Å²) in [4.78, 5) is 15.5. The Bertz CT molecular complexity index is 893. The van der Waals surface area contributed by atoms with Gasteiger partial charge in [-0.25, -0.2) is 15.0 Å². The second-order valence-electron chi connectivity index (χ2n) is 5.18. The van der Waals surface area contributed by atoms with E-state index in [4.69, 9.17) is 11.6 Å². The lowest BCUT2D eigenvalue weighted by molar-refractivity contribution is 1.05. The minimum Gasteiger partial charge on any atom is -0.362 e. The van der Waals surface area contributed by atoms with Gasteiger partial charge in [0.15, 0.2) is 5.82 Å². The van der Waals surface area contributed by atoms with E-state index >= 15 is 0 Å². The van der Waals surface area contributed by atoms with E-state index in [2.05, 4.69) is 30.9 Å². The third-order valence-corrected chi connectivity index (χ3v) is 3.90. The molecule has 6 heteroatoms. The summed E-state index contributed by atoms with van der Waals surface area (Å²) < 4.78 is 0.794. The summed E-state index contributed by atoms with van der Waals surface area (Å²) in [6.07, 6.45) is 3.75. The first kappa shape index (κ1) is 15.9. The van der Waals surface area contributed by atoms with Crippen molar-refractivity contribution in [3.8, 4) is 0 Å². The minimum atomic E-state index is 0.630. The first-order valence-corrected chi connectivity index (χ1v) is 8.15. The van der Waals surface area contributed by atoms with E-state index in [0.29, 0.717) is 10.8 Å². The minimum absolute atomic E-state index is 0.630. The Morgan fingerprint density at radius 1 is 1.04 bits per heavy atom. The number of nitrogens with zero attached hydrogens (tertiary/aromatic N) is 4. The van der Waals surface area contributed by atoms with Gasteiger partial charge in [-0.15, -0.1) is 0 Å². The van der Waals surface area contributed by atoms with E-state index < -0.39 is 0 Å². The monoisotopic (exact) mass is 388 g/mol. The van der Waals surface area contributed by atoms with Crippen molar-refractivity contribution in [2.45, 2.75) is 0 Å². The molecule has 3 aromatic rings. The van der Waals surface area contributed by atoms with Crippen LogP contribution in [0.15, 0.2) is 41.0 Å². The molecule has 0 atom stereocenters. The Labute approximate surface area is 148 Å². The van der Waals surface area contributed by atoms with Crippen molar-refractivity contribution >= 4 is 56.4 Å². The van der Waals surface area contributed by atoms with Crippen molar-refractivity contribution in [3.05, 3.63) is 57.5 Å². The lowest BCUT2D eigenvalue weighted by Gasteiger charge is -2.14. The van der Waals surface area contributed by atoms with Gasteiger partial charge >= 0.3 is 0 Å². The number of pyridine rings is 1. The van der Waals surface area contributed by atoms with E-state index in [1.807, 2.05) is 67.5 Å². The predicted molar refractivity (Wildman–Crippen MR) is 99.7 cm³/mol. The normalized spacial score (nSPS) is 11.3. The second-order valence-corrected chi connectivity index (χ2v) is 6.43. The van der Waals surface area contributed by atoms with Gasteiger partial charge < -0.3 is 4.90 Å². The zero-order valence-corrected chi connectivity index (χ0v) is 15.0. The molecule has 2 aromatic heterocycles. The lowest BCUT2D eigenvalue weighted by Crippen LogP contribution is -2.12. The Morgan fingerprint density at radius 2 is 1.87 bits per heavy atom. The highest BCUT2D eigenvalue weighted by atomic mass is 79.9. The van der Waals surface area contributed by atoms with Crippen molar-refractivity contribution < 1.29 is 0 Å². The van der Waals surface area contributed by atoms with Gasteiger partial charge in [-0.05, 0) is 58.4 Å². The molecule has 0 bridgehead atoms. The fourth-order valence-corrected chi connectivity index (χ4v) is 2.72. The highest BCUT2D eigenvalue weighted by Gasteiger charge is 2.09. The Balaban J connectivity index is 2.06. The number of aromatic nitrogens is 3. The Morgan fingerprint density at radius 3 is 2.61 bits per heavy atom. The number of halogens is 2. The van der Waals surface area contributed by atoms with Crippen molar-refractivity contribution in [1.82, 2.24) is 15.0 Å². The summed E-state index contributed by atoms with van der Waals surface area (Å²) >= 11 is 9.45. The van der Waals surface area contributed by atoms with Crippen molar-refractivity contribution in [2.75, 3.05) is 19.0 Å². The SMILES string of the molecule is CN(C)c1nc(C=Cc2cccc(Br)n2)nc2ccc(Cl)cc12. The number of hydrogen-bond acceptors (Lipinski definition) is 4. The summed E-state index contributed by atoms with van der Waals surface area (Å²) in [6, 6.07) is 11.4. The molecule has 116 valence electrons. The van der Waals surface area contributed by atoms with Crippen LogP contribution in [0.4, 0.5) is 5.82 Å². The third kappa shape index (κ3) is 3.68. The summed E-state index contributed by atoms with van der Waals surface area (Å²) in [7, 11) is 3.90. The Kier molecular flexibility index (Phi) is 4.59. The lowest BCUT2D eigenvalue weighted by atomic mass is 10.2. The van der Waals surface area contributed by atoms with Crippen LogP contribution in [-0.4, -0.2) is 29.0 Å². The van der Waals surface area contributed by atoms with Gasteiger partial charge in [-0.2, -0.15) is 0 Å². The summed E-state index contributed by atoms with van der Waals surface area (Å²) in [5, 5.41) is 1.60. The molecule has 0 aliphatic carbocycles. The molecule has 0 amide bonds. The van der Waals surface area contributed by atoms with Gasteiger partial charge in [0.25, 0.3) is 0 Å². The molecule has 0 saturated heterocycles. The van der Waals surface area contributed by atoms with Crippen molar-refractivity contribution in [2.24, 2.45) is 0 Å². The zero-order valence-electron chi connectivity index (χ0n) is 12.7. The van der Waals surface area contributed by atoms with Crippen LogP contribution in [0, 0.1) is 0 Å². The largest absolute Gasteiger partial charge is 0.362 e. The van der Waals surface area contributed by atoms with Crippen LogP contribution < -0.4 is 4.90 Å². The molecular formula is C17H14BrClN4. The molecule has 0 aliphatic rings. The summed E-state index contributed by atoms with van der Waals surface area (Å²) in [5.74, 6) is 1.46. The Hall–Kier alpha value is -1.98. The van der Waals surface area contributed by atoms with Gasteiger partial charge in [-0.3, -0.25) is 0 Å². The van der Waals surface area contributed by atoms with Crippen LogP contribution in [0.2, 0.25) is 5.02 Å². The van der Waals surface area contributed by atoms with Crippen LogP contribution in [0.5, 0.6) is 0 Å². The van der Waals surface area contributed by atoms with E-state index in [1.54, 1.807) is 0 Å². The predicted octanol–water partition coefficient (Wildman–Crippen LogP) is 4.68. The molecule has 0 spiro atoms. The molecule has 3 rings (SSSR count). The number of benzene rings is 1. The molecule has 23 heavy (non-hydrogen) atoms. The molecule has 0 fully saturated rings. The van der Waals surface area contributed by atoms with Gasteiger partial charge in [0.1, 0.15) is 10.4 Å². The van der Waals surface area contributed by atoms with Crippen LogP contribution >= 0.6 is 27.5 Å². The summed E-state index contributed by atoms with van der Waals surface area (Å²) in [5.41, 5.74) is 1.69. The highest BCUT2D eigenvalue weighted by molar-refractivity contribution is 9.10. The maximum atomic E-state index is 6.09. The molecule has 4 nitrogen and oxygen atoms in total. The van der Waals surface area contributed by atoms with E-state index in [-0.39, 0.29) is 0 Å². The molecule has 0 unspecified atom stereocenters. The fraction of sp³-hybridized carbons (Fsp3) is 0.118. The third-order valence-electron chi connectivity index (χ3n) is 3.22. The van der Waals surface area contributed by atoms with Gasteiger partial charge in [0, 0.05) is 24.5 Å². The second kappa shape index (κ2) is 6.64. The average Bonchev–Trinajstić information content (AvgIpc) is 2.52. The van der Waals surface area contributed by atoms with E-state index in [1.165, 1.54) is 0 Å². The van der Waals surface area contributed by atoms with Crippen molar-refractivity contribution in [3.63, 3.8) is 0 Å². The van der Waals surface area contributed by atoms with Gasteiger partial charge in [0.05, 0.1) is 11.2 Å². The quantitative estimate of drug-likeness (QED) is 0.610. The van der Waals surface area contributed by atoms with Crippen LogP contribution in [-0.2, 0) is 0 Å². The first-order valence-electron chi connectivity index (χ1n) is 6.98. The smallest absolute Gasteiger partial charge is 0.155 e. The molecule has 0 N–H and O–H groups in total. The molecule has 0 saturated carbocycles. The number of hydrogen-bond donors (Lipinski definition) is 0. The number of rotatable bonds is 3. The fourth-order valence-electron chi connectivity index (χ4n) is 2.19. The molecule has 0 aliphatic heterocycles. The van der Waals surface area contributed by atoms with E-state index in [9.17, 15) is 0 Å². The topological polar surface area (TPSA) is 41.9 Å². The zero-order chi connectivity index (χ0) is 16.4. The summed E-state index contributed by atoms with van der Waals surface area (Å²) in [6.45, 7) is 0. The molecule has 2 heterocycles. The average molecular weight is 390 g/mol. The maximum Gasteiger partial charge on any atom is 0.155 e. The molecule has 1 aromatic carbocycles. The molecule has 0 radical (unpaired) electrons. The first-order chi connectivity index (χ1) is 11.0. The van der Waals surface area contributed by atoms with Gasteiger partial charge in [0.2, 0.25) is 0 Å². The maximum absolute atomic E-state index is 6.09. The van der Waals surface area contributed by atoms with Crippen LogP contribution in [0.3, 0.4) is 0 Å².